The van der Waals surface area contributed by atoms with Crippen LogP contribution in [0.4, 0.5) is 11.4 Å². The molecule has 0 saturated carbocycles. The second-order valence-electron chi connectivity index (χ2n) is 4.65. The predicted molar refractivity (Wildman–Crippen MR) is 75.5 cm³/mol. The lowest BCUT2D eigenvalue weighted by molar-refractivity contribution is -0.706. The van der Waals surface area contributed by atoms with Crippen molar-refractivity contribution in [1.29, 1.82) is 0 Å². The van der Waals surface area contributed by atoms with Gasteiger partial charge in [0, 0.05) is 12.6 Å². The standard InChI is InChI=1S/C11H14N6O6/c18-15(19)9-2-3-11(10(8-9)16(20)21)23-13-17(22)14-6-1-4-12-5-7-14/h2-3,8,12H,1,4-7H2/b17-13-. The molecule has 1 fully saturated rings. The molecule has 0 spiro atoms. The van der Waals surface area contributed by atoms with Crippen molar-refractivity contribution < 1.29 is 19.7 Å². The molecule has 0 atom stereocenters. The van der Waals surface area contributed by atoms with Gasteiger partial charge in [0.05, 0.1) is 34.0 Å². The largest absolute Gasteiger partial charge is 0.569 e. The van der Waals surface area contributed by atoms with Gasteiger partial charge in [0.25, 0.3) is 5.69 Å². The number of rotatable bonds is 5. The topological polar surface area (TPSA) is 149 Å². The number of hydrogen-bond donors (Lipinski definition) is 1. The molecule has 0 radical (unpaired) electrons. The summed E-state index contributed by atoms with van der Waals surface area (Å²) in [7, 11) is 0. The quantitative estimate of drug-likeness (QED) is 0.364. The lowest BCUT2D eigenvalue weighted by Gasteiger charge is -2.14. The zero-order chi connectivity index (χ0) is 16.8. The van der Waals surface area contributed by atoms with Gasteiger partial charge in [0.2, 0.25) is 11.0 Å². The van der Waals surface area contributed by atoms with E-state index in [0.717, 1.165) is 31.2 Å². The van der Waals surface area contributed by atoms with Gasteiger partial charge < -0.3 is 10.5 Å². The highest BCUT2D eigenvalue weighted by atomic mass is 16.7. The zero-order valence-electron chi connectivity index (χ0n) is 12.0. The van der Waals surface area contributed by atoms with E-state index in [1.165, 1.54) is 5.01 Å². The summed E-state index contributed by atoms with van der Waals surface area (Å²) in [6, 6.07) is 2.80. The SMILES string of the molecule is O=[N+]([O-])c1ccc(O/N=[N+](\[O-])N2CCCNCC2)c([N+](=O)[O-])c1. The summed E-state index contributed by atoms with van der Waals surface area (Å²) in [6.45, 7) is 2.26. The molecule has 1 aromatic rings. The minimum absolute atomic E-state index is 0.220. The molecule has 23 heavy (non-hydrogen) atoms. The van der Waals surface area contributed by atoms with E-state index in [1.807, 2.05) is 0 Å². The summed E-state index contributed by atoms with van der Waals surface area (Å²) < 4.78 is 0. The number of nitro groups is 2. The second-order valence-corrected chi connectivity index (χ2v) is 4.65. The molecular weight excluding hydrogens is 312 g/mol. The molecule has 124 valence electrons. The van der Waals surface area contributed by atoms with Crippen LogP contribution < -0.4 is 10.2 Å². The van der Waals surface area contributed by atoms with Crippen molar-refractivity contribution in [2.45, 2.75) is 6.42 Å². The first-order chi connectivity index (χ1) is 11.0. The van der Waals surface area contributed by atoms with Gasteiger partial charge in [-0.3, -0.25) is 25.1 Å². The summed E-state index contributed by atoms with van der Waals surface area (Å²) in [5.74, 6) is -0.352. The first kappa shape index (κ1) is 16.4. The van der Waals surface area contributed by atoms with Crippen LogP contribution in [0, 0.1) is 25.4 Å². The molecular formula is C11H14N6O6. The highest BCUT2D eigenvalue weighted by molar-refractivity contribution is 5.53. The van der Waals surface area contributed by atoms with Crippen LogP contribution in [0.3, 0.4) is 0 Å². The van der Waals surface area contributed by atoms with Gasteiger partial charge in [-0.2, -0.15) is 0 Å². The third kappa shape index (κ3) is 4.23. The number of nitrogens with one attached hydrogen (secondary N) is 1. The molecule has 12 nitrogen and oxygen atoms in total. The van der Waals surface area contributed by atoms with Crippen LogP contribution in [0.15, 0.2) is 23.5 Å². The molecule has 1 heterocycles. The van der Waals surface area contributed by atoms with E-state index in [2.05, 4.69) is 10.6 Å². The fourth-order valence-electron chi connectivity index (χ4n) is 1.97. The summed E-state index contributed by atoms with van der Waals surface area (Å²) in [6.07, 6.45) is 0.742. The average Bonchev–Trinajstić information content (AvgIpc) is 2.81. The van der Waals surface area contributed by atoms with Crippen LogP contribution in [0.2, 0.25) is 0 Å². The molecule has 0 unspecified atom stereocenters. The molecule has 0 aliphatic carbocycles. The van der Waals surface area contributed by atoms with E-state index < -0.39 is 21.2 Å². The highest BCUT2D eigenvalue weighted by Crippen LogP contribution is 2.31. The summed E-state index contributed by atoms with van der Waals surface area (Å²) in [5, 5.41) is 41.2. The number of hydrogen-bond acceptors (Lipinski definition) is 8. The second kappa shape index (κ2) is 7.31. The van der Waals surface area contributed by atoms with E-state index in [9.17, 15) is 25.4 Å². The van der Waals surface area contributed by atoms with Gasteiger partial charge in [-0.25, -0.2) is 0 Å². The molecule has 1 N–H and O–H groups in total. The Morgan fingerprint density at radius 1 is 1.13 bits per heavy atom. The Kier molecular flexibility index (Phi) is 5.19. The summed E-state index contributed by atoms with van der Waals surface area (Å²) in [4.78, 5) is 25.0. The molecule has 0 bridgehead atoms. The number of nitrogens with zero attached hydrogens (tertiary/aromatic N) is 5. The van der Waals surface area contributed by atoms with E-state index in [4.69, 9.17) is 4.84 Å². The smallest absolute Gasteiger partial charge is 0.321 e. The Morgan fingerprint density at radius 3 is 2.61 bits per heavy atom. The Balaban J connectivity index is 2.16. The van der Waals surface area contributed by atoms with Crippen LogP contribution in [-0.4, -0.2) is 46.0 Å². The van der Waals surface area contributed by atoms with E-state index >= 15 is 0 Å². The summed E-state index contributed by atoms with van der Waals surface area (Å²) in [5.41, 5.74) is -1.10. The Morgan fingerprint density at radius 2 is 1.91 bits per heavy atom. The van der Waals surface area contributed by atoms with Crippen molar-refractivity contribution in [2.75, 3.05) is 26.2 Å². The number of non-ortho nitro benzene ring substituents is 1. The van der Waals surface area contributed by atoms with Crippen LogP contribution in [0.1, 0.15) is 6.42 Å². The maximum Gasteiger partial charge on any atom is 0.321 e. The van der Waals surface area contributed by atoms with E-state index in [1.54, 1.807) is 0 Å². The molecule has 0 amide bonds. The molecule has 0 aromatic heterocycles. The predicted octanol–water partition coefficient (Wildman–Crippen LogP) is 0.970. The van der Waals surface area contributed by atoms with Gasteiger partial charge in [-0.15, -0.1) is 5.01 Å². The van der Waals surface area contributed by atoms with Crippen LogP contribution in [-0.2, 0) is 0 Å². The van der Waals surface area contributed by atoms with Crippen LogP contribution >= 0.6 is 0 Å². The molecule has 1 saturated heterocycles. The first-order valence-corrected chi connectivity index (χ1v) is 6.72. The minimum Gasteiger partial charge on any atom is -0.569 e. The van der Waals surface area contributed by atoms with Gasteiger partial charge in [-0.1, -0.05) is 0 Å². The fourth-order valence-corrected chi connectivity index (χ4v) is 1.97. The third-order valence-electron chi connectivity index (χ3n) is 3.12. The molecule has 1 aliphatic rings. The molecule has 1 aliphatic heterocycles. The van der Waals surface area contributed by atoms with E-state index in [-0.39, 0.29) is 10.7 Å². The number of hydrazine groups is 1. The molecule has 1 aromatic carbocycles. The Hall–Kier alpha value is -3.02. The number of benzene rings is 1. The van der Waals surface area contributed by atoms with Crippen molar-refractivity contribution in [2.24, 2.45) is 5.28 Å². The van der Waals surface area contributed by atoms with Gasteiger partial charge in [0.15, 0.2) is 0 Å². The lowest BCUT2D eigenvalue weighted by Crippen LogP contribution is -2.34. The van der Waals surface area contributed by atoms with Crippen molar-refractivity contribution in [3.63, 3.8) is 0 Å². The van der Waals surface area contributed by atoms with Crippen molar-refractivity contribution in [3.05, 3.63) is 43.6 Å². The monoisotopic (exact) mass is 326 g/mol. The van der Waals surface area contributed by atoms with Gasteiger partial charge in [-0.05, 0) is 19.0 Å². The fraction of sp³-hybridized carbons (Fsp3) is 0.455. The van der Waals surface area contributed by atoms with E-state index in [0.29, 0.717) is 19.6 Å². The maximum absolute atomic E-state index is 11.8. The number of nitro benzene ring substituents is 2. The van der Waals surface area contributed by atoms with Crippen LogP contribution in [0.25, 0.3) is 0 Å². The van der Waals surface area contributed by atoms with Crippen molar-refractivity contribution in [1.82, 2.24) is 10.3 Å². The normalized spacial score (nSPS) is 15.8. The van der Waals surface area contributed by atoms with Crippen LogP contribution in [0.5, 0.6) is 5.75 Å². The lowest BCUT2D eigenvalue weighted by atomic mass is 10.2. The Labute approximate surface area is 129 Å². The van der Waals surface area contributed by atoms with Crippen molar-refractivity contribution >= 4 is 11.4 Å². The third-order valence-corrected chi connectivity index (χ3v) is 3.12. The molecule has 12 heteroatoms. The minimum atomic E-state index is -0.844. The van der Waals surface area contributed by atoms with Crippen molar-refractivity contribution in [3.8, 4) is 5.75 Å². The Bertz CT molecular complexity index is 627. The maximum atomic E-state index is 11.8. The van der Waals surface area contributed by atoms with Gasteiger partial charge in [0.1, 0.15) is 0 Å². The molecule has 2 rings (SSSR count). The average molecular weight is 326 g/mol. The van der Waals surface area contributed by atoms with Gasteiger partial charge >= 0.3 is 5.69 Å². The highest BCUT2D eigenvalue weighted by Gasteiger charge is 2.22. The zero-order valence-corrected chi connectivity index (χ0v) is 12.0. The first-order valence-electron chi connectivity index (χ1n) is 6.72. The summed E-state index contributed by atoms with van der Waals surface area (Å²) >= 11 is 0.